The Hall–Kier alpha value is -1.33. The van der Waals surface area contributed by atoms with E-state index in [-0.39, 0.29) is 5.82 Å². The molecule has 0 aromatic carbocycles. The molecule has 0 aliphatic carbocycles. The first kappa shape index (κ1) is 14.1. The van der Waals surface area contributed by atoms with E-state index in [2.05, 4.69) is 36.1 Å². The summed E-state index contributed by atoms with van der Waals surface area (Å²) in [4.78, 5) is 9.99. The standard InChI is InChI=1S/C14H18FN3S/c1-4-16-8-12-13(9(2)3)18-14(19-12)11-6-5-10(15)7-17-11/h5-7,9,16H,4,8H2,1-3H3. The molecule has 0 aliphatic heterocycles. The second-order valence-corrected chi connectivity index (χ2v) is 5.71. The van der Waals surface area contributed by atoms with E-state index in [0.717, 1.165) is 29.5 Å². The van der Waals surface area contributed by atoms with E-state index < -0.39 is 0 Å². The molecule has 0 fully saturated rings. The average molecular weight is 279 g/mol. The van der Waals surface area contributed by atoms with Gasteiger partial charge in [0.05, 0.1) is 17.6 Å². The number of hydrogen-bond donors (Lipinski definition) is 1. The fraction of sp³-hybridized carbons (Fsp3) is 0.429. The number of rotatable bonds is 5. The lowest BCUT2D eigenvalue weighted by atomic mass is 10.1. The fourth-order valence-corrected chi connectivity index (χ4v) is 2.95. The lowest BCUT2D eigenvalue weighted by Gasteiger charge is -2.04. The van der Waals surface area contributed by atoms with Crippen molar-refractivity contribution in [3.05, 3.63) is 34.7 Å². The molecule has 102 valence electrons. The van der Waals surface area contributed by atoms with Crippen molar-refractivity contribution >= 4 is 11.3 Å². The number of nitrogens with zero attached hydrogens (tertiary/aromatic N) is 2. The lowest BCUT2D eigenvalue weighted by molar-refractivity contribution is 0.622. The second-order valence-electron chi connectivity index (χ2n) is 4.62. The van der Waals surface area contributed by atoms with E-state index in [1.54, 1.807) is 17.4 Å². The molecule has 0 bridgehead atoms. The zero-order valence-corrected chi connectivity index (χ0v) is 12.2. The third-order valence-corrected chi connectivity index (χ3v) is 3.85. The van der Waals surface area contributed by atoms with E-state index in [4.69, 9.17) is 0 Å². The van der Waals surface area contributed by atoms with E-state index in [0.29, 0.717) is 5.92 Å². The molecule has 0 saturated heterocycles. The number of aromatic nitrogens is 2. The maximum Gasteiger partial charge on any atom is 0.142 e. The number of halogens is 1. The van der Waals surface area contributed by atoms with Crippen LogP contribution < -0.4 is 5.32 Å². The highest BCUT2D eigenvalue weighted by Gasteiger charge is 2.15. The predicted molar refractivity (Wildman–Crippen MR) is 76.8 cm³/mol. The summed E-state index contributed by atoms with van der Waals surface area (Å²) in [5, 5.41) is 4.18. The van der Waals surface area contributed by atoms with Crippen molar-refractivity contribution in [2.75, 3.05) is 6.54 Å². The van der Waals surface area contributed by atoms with Crippen molar-refractivity contribution in [1.29, 1.82) is 0 Å². The molecular formula is C14H18FN3S. The Morgan fingerprint density at radius 1 is 1.37 bits per heavy atom. The van der Waals surface area contributed by atoms with Gasteiger partial charge in [0.2, 0.25) is 0 Å². The van der Waals surface area contributed by atoms with E-state index in [1.807, 2.05) is 0 Å². The van der Waals surface area contributed by atoms with Crippen molar-refractivity contribution in [3.63, 3.8) is 0 Å². The molecule has 2 heterocycles. The number of hydrogen-bond acceptors (Lipinski definition) is 4. The first-order valence-electron chi connectivity index (χ1n) is 6.44. The van der Waals surface area contributed by atoms with Crippen LogP contribution in [0.1, 0.15) is 37.3 Å². The average Bonchev–Trinajstić information content (AvgIpc) is 2.81. The molecule has 0 radical (unpaired) electrons. The maximum absolute atomic E-state index is 12.9. The highest BCUT2D eigenvalue weighted by molar-refractivity contribution is 7.15. The Labute approximate surface area is 116 Å². The van der Waals surface area contributed by atoms with Gasteiger partial charge in [0.25, 0.3) is 0 Å². The maximum atomic E-state index is 12.9. The smallest absolute Gasteiger partial charge is 0.142 e. The van der Waals surface area contributed by atoms with Crippen LogP contribution in [0.25, 0.3) is 10.7 Å². The van der Waals surface area contributed by atoms with Gasteiger partial charge in [-0.05, 0) is 24.6 Å². The van der Waals surface area contributed by atoms with Crippen LogP contribution in [0.3, 0.4) is 0 Å². The lowest BCUT2D eigenvalue weighted by Crippen LogP contribution is -2.12. The largest absolute Gasteiger partial charge is 0.312 e. The minimum Gasteiger partial charge on any atom is -0.312 e. The quantitative estimate of drug-likeness (QED) is 0.909. The van der Waals surface area contributed by atoms with Gasteiger partial charge in [0.15, 0.2) is 0 Å². The Bertz CT molecular complexity index is 534. The zero-order chi connectivity index (χ0) is 13.8. The molecule has 0 aliphatic rings. The Morgan fingerprint density at radius 2 is 2.16 bits per heavy atom. The van der Waals surface area contributed by atoms with Gasteiger partial charge >= 0.3 is 0 Å². The summed E-state index contributed by atoms with van der Waals surface area (Å²) in [5.74, 6) is 0.0522. The van der Waals surface area contributed by atoms with E-state index in [1.165, 1.54) is 17.1 Å². The fourth-order valence-electron chi connectivity index (χ4n) is 1.79. The van der Waals surface area contributed by atoms with Crippen molar-refractivity contribution < 1.29 is 4.39 Å². The van der Waals surface area contributed by atoms with Crippen molar-refractivity contribution in [3.8, 4) is 10.7 Å². The number of nitrogens with one attached hydrogen (secondary N) is 1. The summed E-state index contributed by atoms with van der Waals surface area (Å²) in [6.45, 7) is 8.10. The van der Waals surface area contributed by atoms with Crippen LogP contribution in [0.15, 0.2) is 18.3 Å². The van der Waals surface area contributed by atoms with Crippen LogP contribution >= 0.6 is 11.3 Å². The minimum absolute atomic E-state index is 0.322. The Balaban J connectivity index is 2.33. The Kier molecular flexibility index (Phi) is 4.61. The van der Waals surface area contributed by atoms with Crippen LogP contribution in [-0.4, -0.2) is 16.5 Å². The summed E-state index contributed by atoms with van der Waals surface area (Å²) in [7, 11) is 0. The molecule has 5 heteroatoms. The molecule has 2 aromatic heterocycles. The zero-order valence-electron chi connectivity index (χ0n) is 11.4. The molecule has 2 rings (SSSR count). The summed E-state index contributed by atoms with van der Waals surface area (Å²) in [6, 6.07) is 3.10. The van der Waals surface area contributed by atoms with Gasteiger partial charge in [-0.25, -0.2) is 9.37 Å². The van der Waals surface area contributed by atoms with Crippen LogP contribution in [0, 0.1) is 5.82 Å². The molecular weight excluding hydrogens is 261 g/mol. The van der Waals surface area contributed by atoms with Gasteiger partial charge < -0.3 is 5.32 Å². The Morgan fingerprint density at radius 3 is 2.74 bits per heavy atom. The monoisotopic (exact) mass is 279 g/mol. The highest BCUT2D eigenvalue weighted by atomic mass is 32.1. The molecule has 1 N–H and O–H groups in total. The molecule has 2 aromatic rings. The molecule has 0 spiro atoms. The summed E-state index contributed by atoms with van der Waals surface area (Å²) >= 11 is 1.63. The normalized spacial score (nSPS) is 11.2. The van der Waals surface area contributed by atoms with Crippen LogP contribution in [-0.2, 0) is 6.54 Å². The van der Waals surface area contributed by atoms with Gasteiger partial charge in [-0.15, -0.1) is 11.3 Å². The second kappa shape index (κ2) is 6.21. The van der Waals surface area contributed by atoms with Gasteiger partial charge in [-0.1, -0.05) is 20.8 Å². The first-order chi connectivity index (χ1) is 9.11. The molecule has 0 unspecified atom stereocenters. The van der Waals surface area contributed by atoms with Crippen molar-refractivity contribution in [1.82, 2.24) is 15.3 Å². The van der Waals surface area contributed by atoms with Gasteiger partial charge in [-0.2, -0.15) is 0 Å². The highest BCUT2D eigenvalue weighted by Crippen LogP contribution is 2.30. The van der Waals surface area contributed by atoms with Crippen LogP contribution in [0.2, 0.25) is 0 Å². The third-order valence-electron chi connectivity index (χ3n) is 2.76. The van der Waals surface area contributed by atoms with Gasteiger partial charge in [0.1, 0.15) is 10.8 Å². The summed E-state index contributed by atoms with van der Waals surface area (Å²) in [5.41, 5.74) is 1.84. The molecule has 19 heavy (non-hydrogen) atoms. The van der Waals surface area contributed by atoms with Crippen LogP contribution in [0.4, 0.5) is 4.39 Å². The van der Waals surface area contributed by atoms with E-state index in [9.17, 15) is 4.39 Å². The molecule has 0 atom stereocenters. The number of thiazole rings is 1. The molecule has 3 nitrogen and oxygen atoms in total. The van der Waals surface area contributed by atoms with Crippen LogP contribution in [0.5, 0.6) is 0 Å². The first-order valence-corrected chi connectivity index (χ1v) is 7.25. The summed E-state index contributed by atoms with van der Waals surface area (Å²) < 4.78 is 12.9. The van der Waals surface area contributed by atoms with E-state index >= 15 is 0 Å². The van der Waals surface area contributed by atoms with Crippen molar-refractivity contribution in [2.45, 2.75) is 33.2 Å². The van der Waals surface area contributed by atoms with Gasteiger partial charge in [-0.3, -0.25) is 4.98 Å². The minimum atomic E-state index is -0.322. The third kappa shape index (κ3) is 3.36. The summed E-state index contributed by atoms with van der Waals surface area (Å²) in [6.07, 6.45) is 1.23. The molecule has 0 amide bonds. The number of pyridine rings is 1. The van der Waals surface area contributed by atoms with Gasteiger partial charge in [0, 0.05) is 11.4 Å². The topological polar surface area (TPSA) is 37.8 Å². The molecule has 0 saturated carbocycles. The van der Waals surface area contributed by atoms with Crippen molar-refractivity contribution in [2.24, 2.45) is 0 Å². The predicted octanol–water partition coefficient (Wildman–Crippen LogP) is 3.58. The SMILES string of the molecule is CCNCc1sc(-c2ccc(F)cn2)nc1C(C)C.